The zero-order chi connectivity index (χ0) is 14.0. The molecule has 1 heterocycles. The van der Waals surface area contributed by atoms with Gasteiger partial charge in [0.05, 0.1) is 5.69 Å². The maximum Gasteiger partial charge on any atom is 0.296 e. The molecule has 0 bridgehead atoms. The maximum absolute atomic E-state index is 11.0. The molecule has 1 aliphatic heterocycles. The number of likely N-dealkylation sites (tertiary alicyclic amines) is 1. The van der Waals surface area contributed by atoms with E-state index in [2.05, 4.69) is 28.9 Å². The fourth-order valence-corrected chi connectivity index (χ4v) is 2.83. The van der Waals surface area contributed by atoms with Crippen LogP contribution in [0.15, 0.2) is 24.3 Å². The summed E-state index contributed by atoms with van der Waals surface area (Å²) in [5.41, 5.74) is 1.35. The molecule has 19 heavy (non-hydrogen) atoms. The third-order valence-electron chi connectivity index (χ3n) is 3.38. The number of hydrogen-bond acceptors (Lipinski definition) is 4. The highest BCUT2D eigenvalue weighted by Crippen LogP contribution is 2.21. The van der Waals surface area contributed by atoms with Crippen LogP contribution in [0.1, 0.15) is 13.3 Å². The second-order valence-corrected chi connectivity index (χ2v) is 6.39. The van der Waals surface area contributed by atoms with Crippen molar-refractivity contribution in [3.05, 3.63) is 24.3 Å². The fraction of sp³-hybridized carbons (Fsp3) is 0.500. The van der Waals surface area contributed by atoms with Crippen LogP contribution in [-0.2, 0) is 10.2 Å². The van der Waals surface area contributed by atoms with E-state index in [0.717, 1.165) is 18.7 Å². The van der Waals surface area contributed by atoms with Crippen molar-refractivity contribution in [2.24, 2.45) is 5.14 Å². The number of nitrogens with zero attached hydrogens (tertiary/aromatic N) is 1. The van der Waals surface area contributed by atoms with Gasteiger partial charge in [0.15, 0.2) is 0 Å². The summed E-state index contributed by atoms with van der Waals surface area (Å²) in [6.07, 6.45) is 1.07. The average Bonchev–Trinajstić information content (AvgIpc) is 2.55. The van der Waals surface area contributed by atoms with Crippen molar-refractivity contribution in [2.75, 3.05) is 23.6 Å². The monoisotopic (exact) mass is 284 g/mol. The topological polar surface area (TPSA) is 87.5 Å². The number of anilines is 2. The lowest BCUT2D eigenvalue weighted by Crippen LogP contribution is -2.25. The summed E-state index contributed by atoms with van der Waals surface area (Å²) in [6.45, 7) is 3.18. The van der Waals surface area contributed by atoms with Crippen LogP contribution in [0.25, 0.3) is 0 Å². The van der Waals surface area contributed by atoms with E-state index in [4.69, 9.17) is 5.14 Å². The van der Waals surface area contributed by atoms with Gasteiger partial charge in [-0.3, -0.25) is 4.72 Å². The predicted molar refractivity (Wildman–Crippen MR) is 77.3 cm³/mol. The Balaban J connectivity index is 2.03. The number of rotatable bonds is 4. The Hall–Kier alpha value is -1.31. The van der Waals surface area contributed by atoms with Crippen LogP contribution in [0.2, 0.25) is 0 Å². The molecule has 1 saturated heterocycles. The highest BCUT2D eigenvalue weighted by Gasteiger charge is 2.25. The number of hydrogen-bond donors (Lipinski definition) is 3. The molecule has 0 saturated carbocycles. The minimum absolute atomic E-state index is 0.379. The molecule has 0 aliphatic carbocycles. The first-order valence-corrected chi connectivity index (χ1v) is 7.75. The maximum atomic E-state index is 11.0. The summed E-state index contributed by atoms with van der Waals surface area (Å²) in [6, 6.07) is 8.05. The first-order chi connectivity index (χ1) is 8.83. The quantitative estimate of drug-likeness (QED) is 0.763. The van der Waals surface area contributed by atoms with Crippen LogP contribution in [0.4, 0.5) is 11.4 Å². The summed E-state index contributed by atoms with van der Waals surface area (Å²) in [5.74, 6) is 0. The lowest BCUT2D eigenvalue weighted by molar-refractivity contribution is 0.330. The van der Waals surface area contributed by atoms with Crippen molar-refractivity contribution in [3.63, 3.8) is 0 Å². The molecule has 2 unspecified atom stereocenters. The normalized spacial score (nSPS) is 24.4. The number of likely N-dealkylation sites (N-methyl/N-ethyl adjacent to an activating group) is 1. The molecule has 1 aromatic carbocycles. The van der Waals surface area contributed by atoms with Crippen LogP contribution in [0.3, 0.4) is 0 Å². The van der Waals surface area contributed by atoms with Crippen molar-refractivity contribution >= 4 is 21.6 Å². The van der Waals surface area contributed by atoms with Crippen LogP contribution in [0, 0.1) is 0 Å². The van der Waals surface area contributed by atoms with E-state index in [1.165, 1.54) is 0 Å². The summed E-state index contributed by atoms with van der Waals surface area (Å²) in [7, 11) is -1.62. The van der Waals surface area contributed by atoms with Gasteiger partial charge in [0.1, 0.15) is 0 Å². The van der Waals surface area contributed by atoms with Gasteiger partial charge in [0, 0.05) is 24.3 Å². The highest BCUT2D eigenvalue weighted by atomic mass is 32.2. The number of nitrogens with two attached hydrogens (primary N) is 1. The molecule has 0 amide bonds. The second-order valence-electron chi connectivity index (χ2n) is 5.09. The SMILES string of the molecule is CC1CC(Nc2cccc(NS(N)(=O)=O)c2)CN1C. The Kier molecular flexibility index (Phi) is 3.98. The summed E-state index contributed by atoms with van der Waals surface area (Å²) >= 11 is 0. The minimum Gasteiger partial charge on any atom is -0.381 e. The second kappa shape index (κ2) is 5.36. The van der Waals surface area contributed by atoms with Gasteiger partial charge in [0.25, 0.3) is 10.2 Å². The highest BCUT2D eigenvalue weighted by molar-refractivity contribution is 7.90. The van der Waals surface area contributed by atoms with E-state index in [1.54, 1.807) is 18.2 Å². The van der Waals surface area contributed by atoms with Gasteiger partial charge in [-0.2, -0.15) is 8.42 Å². The lowest BCUT2D eigenvalue weighted by Gasteiger charge is -2.15. The van der Waals surface area contributed by atoms with Gasteiger partial charge in [-0.05, 0) is 38.6 Å². The van der Waals surface area contributed by atoms with E-state index in [0.29, 0.717) is 17.8 Å². The van der Waals surface area contributed by atoms with Crippen LogP contribution in [0.5, 0.6) is 0 Å². The van der Waals surface area contributed by atoms with Crippen molar-refractivity contribution in [1.29, 1.82) is 0 Å². The predicted octanol–water partition coefficient (Wildman–Crippen LogP) is 0.806. The Labute approximate surface area is 114 Å². The molecule has 6 nitrogen and oxygen atoms in total. The Morgan fingerprint density at radius 1 is 1.37 bits per heavy atom. The fourth-order valence-electron chi connectivity index (χ4n) is 2.37. The Morgan fingerprint density at radius 2 is 2.05 bits per heavy atom. The van der Waals surface area contributed by atoms with Crippen molar-refractivity contribution < 1.29 is 8.42 Å². The van der Waals surface area contributed by atoms with Crippen LogP contribution < -0.4 is 15.2 Å². The standard InChI is InChI=1S/C12H20N4O2S/c1-9-6-12(8-16(9)2)14-10-4-3-5-11(7-10)15-19(13,17)18/h3-5,7,9,12,14-15H,6,8H2,1-2H3,(H2,13,17,18). The van der Waals surface area contributed by atoms with E-state index < -0.39 is 10.2 Å². The molecule has 2 rings (SSSR count). The van der Waals surface area contributed by atoms with Gasteiger partial charge in [-0.15, -0.1) is 0 Å². The molecular weight excluding hydrogens is 264 g/mol. The van der Waals surface area contributed by atoms with Crippen molar-refractivity contribution in [2.45, 2.75) is 25.4 Å². The van der Waals surface area contributed by atoms with Crippen LogP contribution >= 0.6 is 0 Å². The molecule has 0 aromatic heterocycles. The van der Waals surface area contributed by atoms with E-state index in [1.807, 2.05) is 6.07 Å². The molecule has 106 valence electrons. The third-order valence-corrected chi connectivity index (χ3v) is 3.90. The first kappa shape index (κ1) is 14.1. The number of benzene rings is 1. The molecule has 7 heteroatoms. The Morgan fingerprint density at radius 3 is 2.63 bits per heavy atom. The van der Waals surface area contributed by atoms with Gasteiger partial charge in [0.2, 0.25) is 0 Å². The largest absolute Gasteiger partial charge is 0.381 e. The van der Waals surface area contributed by atoms with Crippen molar-refractivity contribution in [1.82, 2.24) is 4.90 Å². The molecule has 1 aromatic rings. The Bertz CT molecular complexity index is 536. The van der Waals surface area contributed by atoms with Crippen molar-refractivity contribution in [3.8, 4) is 0 Å². The molecule has 4 N–H and O–H groups in total. The summed E-state index contributed by atoms with van der Waals surface area (Å²) < 4.78 is 24.2. The lowest BCUT2D eigenvalue weighted by atomic mass is 10.2. The zero-order valence-electron chi connectivity index (χ0n) is 11.1. The molecule has 0 spiro atoms. The molecular formula is C12H20N4O2S. The minimum atomic E-state index is -3.72. The number of nitrogens with one attached hydrogen (secondary N) is 2. The summed E-state index contributed by atoms with van der Waals surface area (Å²) in [4.78, 5) is 2.30. The van der Waals surface area contributed by atoms with Gasteiger partial charge in [-0.1, -0.05) is 6.07 Å². The first-order valence-electron chi connectivity index (χ1n) is 6.21. The zero-order valence-corrected chi connectivity index (χ0v) is 11.9. The van der Waals surface area contributed by atoms with Gasteiger partial charge < -0.3 is 10.2 Å². The van der Waals surface area contributed by atoms with E-state index >= 15 is 0 Å². The van der Waals surface area contributed by atoms with Gasteiger partial charge >= 0.3 is 0 Å². The molecule has 1 fully saturated rings. The van der Waals surface area contributed by atoms with E-state index in [-0.39, 0.29) is 0 Å². The molecule has 2 atom stereocenters. The van der Waals surface area contributed by atoms with Gasteiger partial charge in [-0.25, -0.2) is 5.14 Å². The van der Waals surface area contributed by atoms with Crippen LogP contribution in [-0.4, -0.2) is 39.0 Å². The third kappa shape index (κ3) is 4.09. The summed E-state index contributed by atoms with van der Waals surface area (Å²) in [5, 5.41) is 8.36. The van der Waals surface area contributed by atoms with E-state index in [9.17, 15) is 8.42 Å². The smallest absolute Gasteiger partial charge is 0.296 e. The average molecular weight is 284 g/mol. The molecule has 0 radical (unpaired) electrons. The molecule has 1 aliphatic rings.